The van der Waals surface area contributed by atoms with Crippen LogP contribution in [0, 0.1) is 5.92 Å². The number of para-hydroxylation sites is 1. The Balaban J connectivity index is 1.47. The van der Waals surface area contributed by atoms with Crippen LogP contribution in [0.2, 0.25) is 0 Å². The van der Waals surface area contributed by atoms with Gasteiger partial charge in [-0.2, -0.15) is 0 Å². The number of thiophene rings is 1. The molecule has 4 aromatic rings. The lowest BCUT2D eigenvalue weighted by Gasteiger charge is -2.26. The number of aryl methyl sites for hydroxylation is 1. The van der Waals surface area contributed by atoms with Crippen LogP contribution in [0.25, 0.3) is 21.1 Å². The third-order valence-electron chi connectivity index (χ3n) is 6.55. The average Bonchev–Trinajstić information content (AvgIpc) is 3.15. The van der Waals surface area contributed by atoms with E-state index in [0.29, 0.717) is 35.0 Å². The molecule has 8 heteroatoms. The Bertz CT molecular complexity index is 1420. The molecule has 2 unspecified atom stereocenters. The zero-order valence-corrected chi connectivity index (χ0v) is 19.4. The molecule has 166 valence electrons. The molecule has 1 aliphatic rings. The Morgan fingerprint density at radius 2 is 2.00 bits per heavy atom. The van der Waals surface area contributed by atoms with Gasteiger partial charge in [0.1, 0.15) is 16.5 Å². The van der Waals surface area contributed by atoms with E-state index >= 15 is 0 Å². The van der Waals surface area contributed by atoms with Crippen molar-refractivity contribution in [3.8, 4) is 0 Å². The van der Waals surface area contributed by atoms with Crippen molar-refractivity contribution in [2.75, 3.05) is 6.54 Å². The maximum Gasteiger partial charge on any atom is 0.259 e. The number of rotatable bonds is 5. The highest BCUT2D eigenvalue weighted by atomic mass is 32.1. The fraction of sp³-hybridized carbons (Fsp3) is 0.417. The number of nitrogens with zero attached hydrogens (tertiary/aromatic N) is 3. The Hall–Kier alpha value is -2.84. The van der Waals surface area contributed by atoms with E-state index in [4.69, 9.17) is 4.98 Å². The Morgan fingerprint density at radius 1 is 1.19 bits per heavy atom. The highest BCUT2D eigenvalue weighted by molar-refractivity contribution is 7.18. The van der Waals surface area contributed by atoms with Gasteiger partial charge in [0.25, 0.3) is 11.1 Å². The minimum atomic E-state index is -0.138. The standard InChI is InChI=1S/C24H27N5O2S/c1-4-29(12-19-25-17-8-6-5-7-15(17)22(30)26-19)14(3)21-27-23(31)20-16-10-9-13(2)11-18(16)32-24(20)28-21/h5-8,13-14H,4,9-12H2,1-3H3,(H,25,26,30)(H,27,28,31). The molecule has 32 heavy (non-hydrogen) atoms. The van der Waals surface area contributed by atoms with E-state index in [2.05, 4.69) is 33.7 Å². The van der Waals surface area contributed by atoms with Gasteiger partial charge in [0.15, 0.2) is 0 Å². The molecule has 3 heterocycles. The predicted octanol–water partition coefficient (Wildman–Crippen LogP) is 3.93. The summed E-state index contributed by atoms with van der Waals surface area (Å²) in [5.41, 5.74) is 1.69. The number of hydrogen-bond donors (Lipinski definition) is 2. The third kappa shape index (κ3) is 3.67. The van der Waals surface area contributed by atoms with Gasteiger partial charge < -0.3 is 9.97 Å². The lowest BCUT2D eigenvalue weighted by molar-refractivity contribution is 0.200. The minimum absolute atomic E-state index is 0.0443. The third-order valence-corrected chi connectivity index (χ3v) is 7.70. The van der Waals surface area contributed by atoms with E-state index in [9.17, 15) is 9.59 Å². The fourth-order valence-corrected chi connectivity index (χ4v) is 6.05. The van der Waals surface area contributed by atoms with Gasteiger partial charge in [0.2, 0.25) is 0 Å². The maximum absolute atomic E-state index is 13.0. The fourth-order valence-electron chi connectivity index (χ4n) is 4.66. The smallest absolute Gasteiger partial charge is 0.259 e. The lowest BCUT2D eigenvalue weighted by atomic mass is 9.89. The zero-order chi connectivity index (χ0) is 22.4. The van der Waals surface area contributed by atoms with Crippen molar-refractivity contribution < 1.29 is 0 Å². The summed E-state index contributed by atoms with van der Waals surface area (Å²) < 4.78 is 0. The SMILES string of the molecule is CCN(Cc1nc2ccccc2c(=O)[nH]1)C(C)c1nc2sc3c(c2c(=O)[nH]1)CCC(C)C3. The van der Waals surface area contributed by atoms with E-state index in [-0.39, 0.29) is 17.2 Å². The maximum atomic E-state index is 13.0. The van der Waals surface area contributed by atoms with Gasteiger partial charge in [-0.05, 0) is 56.3 Å². The number of H-pyrrole nitrogens is 2. The van der Waals surface area contributed by atoms with E-state index in [1.807, 2.05) is 25.1 Å². The van der Waals surface area contributed by atoms with Crippen molar-refractivity contribution in [3.05, 3.63) is 67.1 Å². The van der Waals surface area contributed by atoms with Gasteiger partial charge in [-0.3, -0.25) is 14.5 Å². The summed E-state index contributed by atoms with van der Waals surface area (Å²) >= 11 is 1.67. The van der Waals surface area contributed by atoms with Crippen LogP contribution in [-0.4, -0.2) is 31.4 Å². The Morgan fingerprint density at radius 3 is 2.81 bits per heavy atom. The van der Waals surface area contributed by atoms with E-state index in [1.165, 1.54) is 10.4 Å². The summed E-state index contributed by atoms with van der Waals surface area (Å²) in [6.07, 6.45) is 3.11. The van der Waals surface area contributed by atoms with Crippen molar-refractivity contribution in [3.63, 3.8) is 0 Å². The Labute approximate surface area is 189 Å². The molecule has 5 rings (SSSR count). The monoisotopic (exact) mass is 449 g/mol. The van der Waals surface area contributed by atoms with E-state index in [1.54, 1.807) is 17.4 Å². The highest BCUT2D eigenvalue weighted by Crippen LogP contribution is 2.36. The van der Waals surface area contributed by atoms with Gasteiger partial charge in [-0.1, -0.05) is 26.0 Å². The number of aromatic amines is 2. The molecule has 3 aromatic heterocycles. The molecular formula is C24H27N5O2S. The first kappa shape index (κ1) is 21.0. The molecule has 1 aliphatic carbocycles. The first-order valence-corrected chi connectivity index (χ1v) is 12.0. The predicted molar refractivity (Wildman–Crippen MR) is 128 cm³/mol. The molecule has 2 atom stereocenters. The quantitative estimate of drug-likeness (QED) is 0.481. The molecule has 0 saturated carbocycles. The van der Waals surface area contributed by atoms with Crippen molar-refractivity contribution in [2.24, 2.45) is 5.92 Å². The van der Waals surface area contributed by atoms with Crippen molar-refractivity contribution in [1.82, 2.24) is 24.8 Å². The second kappa shape index (κ2) is 8.26. The van der Waals surface area contributed by atoms with Crippen molar-refractivity contribution in [2.45, 2.75) is 52.6 Å². The van der Waals surface area contributed by atoms with Gasteiger partial charge in [-0.25, -0.2) is 9.97 Å². The van der Waals surface area contributed by atoms with Crippen LogP contribution in [0.1, 0.15) is 55.3 Å². The first-order valence-electron chi connectivity index (χ1n) is 11.2. The number of aromatic nitrogens is 4. The minimum Gasteiger partial charge on any atom is -0.309 e. The lowest BCUT2D eigenvalue weighted by Crippen LogP contribution is -2.30. The van der Waals surface area contributed by atoms with Gasteiger partial charge in [0.05, 0.1) is 28.9 Å². The number of hydrogen-bond acceptors (Lipinski definition) is 6. The molecule has 1 aromatic carbocycles. The molecule has 0 bridgehead atoms. The van der Waals surface area contributed by atoms with Crippen LogP contribution in [0.15, 0.2) is 33.9 Å². The zero-order valence-electron chi connectivity index (χ0n) is 18.6. The topological polar surface area (TPSA) is 94.7 Å². The molecule has 0 fully saturated rings. The van der Waals surface area contributed by atoms with Crippen LogP contribution < -0.4 is 11.1 Å². The van der Waals surface area contributed by atoms with Crippen molar-refractivity contribution >= 4 is 32.5 Å². The van der Waals surface area contributed by atoms with E-state index in [0.717, 1.165) is 36.0 Å². The van der Waals surface area contributed by atoms with Crippen LogP contribution in [0.3, 0.4) is 0 Å². The van der Waals surface area contributed by atoms with Gasteiger partial charge in [-0.15, -0.1) is 11.3 Å². The summed E-state index contributed by atoms with van der Waals surface area (Å²) in [4.78, 5) is 45.2. The van der Waals surface area contributed by atoms with Crippen LogP contribution in [0.5, 0.6) is 0 Å². The second-order valence-corrected chi connectivity index (χ2v) is 9.84. The van der Waals surface area contributed by atoms with Gasteiger partial charge >= 0.3 is 0 Å². The summed E-state index contributed by atoms with van der Waals surface area (Å²) in [6.45, 7) is 7.53. The molecule has 7 nitrogen and oxygen atoms in total. The second-order valence-electron chi connectivity index (χ2n) is 8.75. The molecule has 0 saturated heterocycles. The summed E-state index contributed by atoms with van der Waals surface area (Å²) in [7, 11) is 0. The van der Waals surface area contributed by atoms with Crippen LogP contribution >= 0.6 is 11.3 Å². The van der Waals surface area contributed by atoms with Crippen LogP contribution in [-0.2, 0) is 19.4 Å². The van der Waals surface area contributed by atoms with E-state index < -0.39 is 0 Å². The summed E-state index contributed by atoms with van der Waals surface area (Å²) in [6, 6.07) is 7.20. The normalized spacial score (nSPS) is 17.2. The highest BCUT2D eigenvalue weighted by Gasteiger charge is 2.25. The molecule has 0 aliphatic heterocycles. The first-order chi connectivity index (χ1) is 15.4. The van der Waals surface area contributed by atoms with Crippen molar-refractivity contribution in [1.29, 1.82) is 0 Å². The summed E-state index contributed by atoms with van der Waals surface area (Å²) in [5, 5.41) is 1.36. The number of benzene rings is 1. The Kier molecular flexibility index (Phi) is 5.43. The molecule has 0 radical (unpaired) electrons. The number of nitrogens with one attached hydrogen (secondary N) is 2. The summed E-state index contributed by atoms with van der Waals surface area (Å²) in [5.74, 6) is 1.91. The average molecular weight is 450 g/mol. The largest absolute Gasteiger partial charge is 0.309 e. The van der Waals surface area contributed by atoms with Crippen LogP contribution in [0.4, 0.5) is 0 Å². The molecule has 2 N–H and O–H groups in total. The number of fused-ring (bicyclic) bond motifs is 4. The van der Waals surface area contributed by atoms with Gasteiger partial charge in [0, 0.05) is 4.88 Å². The molecule has 0 amide bonds. The molecule has 0 spiro atoms. The molecular weight excluding hydrogens is 422 g/mol.